The van der Waals surface area contributed by atoms with Gasteiger partial charge in [-0.25, -0.2) is 0 Å². The molecule has 12 atom stereocenters. The molecule has 2 aliphatic heterocycles. The van der Waals surface area contributed by atoms with Gasteiger partial charge in [-0.3, -0.25) is 9.59 Å². The minimum Gasteiger partial charge on any atom is -0.481 e. The average Bonchev–Trinajstić information content (AvgIpc) is 2.96. The van der Waals surface area contributed by atoms with E-state index in [0.717, 1.165) is 12.8 Å². The second kappa shape index (κ2) is 10.3. The van der Waals surface area contributed by atoms with Crippen LogP contribution in [0.3, 0.4) is 0 Å². The van der Waals surface area contributed by atoms with Crippen LogP contribution in [0.2, 0.25) is 0 Å². The fourth-order valence-corrected chi connectivity index (χ4v) is 7.59. The van der Waals surface area contributed by atoms with Gasteiger partial charge in [-0.1, -0.05) is 20.3 Å². The molecule has 0 aromatic carbocycles. The summed E-state index contributed by atoms with van der Waals surface area (Å²) in [6.07, 6.45) is -5.08. The third kappa shape index (κ3) is 4.81. The molecule has 4 aliphatic rings. The van der Waals surface area contributed by atoms with Gasteiger partial charge >= 0.3 is 11.9 Å². The van der Waals surface area contributed by atoms with Gasteiger partial charge in [-0.15, -0.1) is 0 Å². The van der Waals surface area contributed by atoms with E-state index >= 15 is 0 Å². The van der Waals surface area contributed by atoms with Crippen molar-refractivity contribution in [1.82, 2.24) is 0 Å². The molecule has 2 aliphatic carbocycles. The molecule has 0 spiro atoms. The Balaban J connectivity index is 1.47. The number of esters is 1. The van der Waals surface area contributed by atoms with Crippen molar-refractivity contribution >= 4 is 11.9 Å². The van der Waals surface area contributed by atoms with E-state index in [1.807, 2.05) is 6.92 Å². The summed E-state index contributed by atoms with van der Waals surface area (Å²) >= 11 is 0. The van der Waals surface area contributed by atoms with Crippen LogP contribution in [0.15, 0.2) is 0 Å². The number of hydrogen-bond donors (Lipinski definition) is 6. The zero-order valence-corrected chi connectivity index (χ0v) is 21.8. The first-order chi connectivity index (χ1) is 17.3. The molecule has 2 saturated carbocycles. The lowest BCUT2D eigenvalue weighted by molar-refractivity contribution is -0.302. The standard InChI is InChI=1S/C26H42O11/c1-24(9-10-35-22-19(31)18(30)17(29)14(12-27)36-22)8-5-13-20(21(24)32)37-16(28)11-15-25(13,2)6-4-7-26(15,3)23(33)34/h13-15,17-22,27,29-32H,4-12H2,1-3H3,(H,33,34). The number of aliphatic carboxylic acids is 1. The van der Waals surface area contributed by atoms with Crippen LogP contribution in [0.5, 0.6) is 0 Å². The van der Waals surface area contributed by atoms with E-state index in [0.29, 0.717) is 25.7 Å². The Labute approximate surface area is 216 Å². The third-order valence-corrected chi connectivity index (χ3v) is 10.2. The highest BCUT2D eigenvalue weighted by Gasteiger charge is 2.63. The first-order valence-electron chi connectivity index (χ1n) is 13.3. The topological polar surface area (TPSA) is 183 Å². The maximum atomic E-state index is 12.9. The molecule has 4 rings (SSSR count). The summed E-state index contributed by atoms with van der Waals surface area (Å²) in [6.45, 7) is 5.14. The molecule has 0 aromatic rings. The molecule has 0 aromatic heterocycles. The quantitative estimate of drug-likeness (QED) is 0.258. The van der Waals surface area contributed by atoms with Crippen LogP contribution in [0, 0.1) is 28.1 Å². The Morgan fingerprint density at radius 1 is 1.05 bits per heavy atom. The summed E-state index contributed by atoms with van der Waals surface area (Å²) in [6, 6.07) is 0. The Morgan fingerprint density at radius 2 is 1.76 bits per heavy atom. The second-order valence-corrected chi connectivity index (χ2v) is 12.4. The van der Waals surface area contributed by atoms with Gasteiger partial charge in [-0.05, 0) is 55.8 Å². The molecule has 4 fully saturated rings. The maximum Gasteiger partial charge on any atom is 0.309 e. The van der Waals surface area contributed by atoms with Crippen LogP contribution in [-0.2, 0) is 23.8 Å². The zero-order valence-electron chi connectivity index (χ0n) is 21.8. The highest BCUT2D eigenvalue weighted by molar-refractivity contribution is 5.77. The van der Waals surface area contributed by atoms with E-state index in [4.69, 9.17) is 14.2 Å². The molecule has 2 heterocycles. The Hall–Kier alpha value is -1.34. The summed E-state index contributed by atoms with van der Waals surface area (Å²) in [4.78, 5) is 25.2. The average molecular weight is 531 g/mol. The summed E-state index contributed by atoms with van der Waals surface area (Å²) in [5.41, 5.74) is -2.21. The molecular formula is C26H42O11. The predicted octanol–water partition coefficient (Wildman–Crippen LogP) is 0.183. The summed E-state index contributed by atoms with van der Waals surface area (Å²) in [5.74, 6) is -1.96. The van der Waals surface area contributed by atoms with Crippen molar-refractivity contribution in [3.63, 3.8) is 0 Å². The fraction of sp³-hybridized carbons (Fsp3) is 0.923. The predicted molar refractivity (Wildman–Crippen MR) is 127 cm³/mol. The number of carboxylic acid groups (broad SMARTS) is 1. The lowest BCUT2D eigenvalue weighted by atomic mass is 9.48. The van der Waals surface area contributed by atoms with Crippen molar-refractivity contribution in [2.45, 2.75) is 109 Å². The number of carbonyl (C=O) groups excluding carboxylic acids is 1. The summed E-state index contributed by atoms with van der Waals surface area (Å²) < 4.78 is 16.9. The molecule has 2 saturated heterocycles. The first-order valence-corrected chi connectivity index (χ1v) is 13.3. The second-order valence-electron chi connectivity index (χ2n) is 12.4. The number of carboxylic acids is 1. The monoisotopic (exact) mass is 530 g/mol. The maximum absolute atomic E-state index is 12.9. The largest absolute Gasteiger partial charge is 0.481 e. The van der Waals surface area contributed by atoms with Gasteiger partial charge in [0.2, 0.25) is 0 Å². The van der Waals surface area contributed by atoms with E-state index in [1.165, 1.54) is 0 Å². The van der Waals surface area contributed by atoms with Crippen LogP contribution in [0.4, 0.5) is 0 Å². The Morgan fingerprint density at radius 3 is 2.41 bits per heavy atom. The van der Waals surface area contributed by atoms with E-state index in [9.17, 15) is 40.2 Å². The number of fused-ring (bicyclic) bond motifs is 3. The molecular weight excluding hydrogens is 488 g/mol. The van der Waals surface area contributed by atoms with E-state index < -0.39 is 77.7 Å². The molecule has 212 valence electrons. The lowest BCUT2D eigenvalue weighted by Gasteiger charge is -2.56. The van der Waals surface area contributed by atoms with Crippen LogP contribution >= 0.6 is 0 Å². The smallest absolute Gasteiger partial charge is 0.309 e. The first kappa shape index (κ1) is 28.7. The third-order valence-electron chi connectivity index (χ3n) is 10.2. The fourth-order valence-electron chi connectivity index (χ4n) is 7.59. The van der Waals surface area contributed by atoms with Crippen LogP contribution in [0.1, 0.15) is 65.7 Å². The number of aliphatic hydroxyl groups excluding tert-OH is 5. The highest BCUT2D eigenvalue weighted by Crippen LogP contribution is 2.62. The Bertz CT molecular complexity index is 865. The number of aliphatic hydroxyl groups is 5. The minimum absolute atomic E-state index is 0.00988. The van der Waals surface area contributed by atoms with Gasteiger partial charge < -0.3 is 44.8 Å². The number of rotatable bonds is 6. The van der Waals surface area contributed by atoms with Crippen molar-refractivity contribution < 1.29 is 54.4 Å². The van der Waals surface area contributed by atoms with Crippen LogP contribution in [-0.4, -0.2) is 98.7 Å². The van der Waals surface area contributed by atoms with Crippen molar-refractivity contribution in [3.05, 3.63) is 0 Å². The van der Waals surface area contributed by atoms with Crippen molar-refractivity contribution in [2.24, 2.45) is 28.1 Å². The lowest BCUT2D eigenvalue weighted by Crippen LogP contribution is -2.59. The van der Waals surface area contributed by atoms with Crippen LogP contribution < -0.4 is 0 Å². The molecule has 11 heteroatoms. The van der Waals surface area contributed by atoms with Crippen molar-refractivity contribution in [1.29, 1.82) is 0 Å². The number of carbonyl (C=O) groups is 2. The van der Waals surface area contributed by atoms with Gasteiger partial charge in [0.1, 0.15) is 30.5 Å². The van der Waals surface area contributed by atoms with E-state index in [2.05, 4.69) is 6.92 Å². The summed E-state index contributed by atoms with van der Waals surface area (Å²) in [7, 11) is 0. The molecule has 0 radical (unpaired) electrons. The van der Waals surface area contributed by atoms with Gasteiger partial charge in [0, 0.05) is 12.3 Å². The van der Waals surface area contributed by atoms with Gasteiger partial charge in [0.15, 0.2) is 6.29 Å². The van der Waals surface area contributed by atoms with Gasteiger partial charge in [0.05, 0.1) is 24.7 Å². The molecule has 37 heavy (non-hydrogen) atoms. The van der Waals surface area contributed by atoms with E-state index in [1.54, 1.807) is 6.92 Å². The molecule has 11 nitrogen and oxygen atoms in total. The molecule has 0 amide bonds. The van der Waals surface area contributed by atoms with Crippen molar-refractivity contribution in [3.8, 4) is 0 Å². The summed E-state index contributed by atoms with van der Waals surface area (Å²) in [5, 5.41) is 61.1. The van der Waals surface area contributed by atoms with Gasteiger partial charge in [0.25, 0.3) is 0 Å². The molecule has 12 unspecified atom stereocenters. The highest BCUT2D eigenvalue weighted by atomic mass is 16.7. The molecule has 6 N–H and O–H groups in total. The van der Waals surface area contributed by atoms with Gasteiger partial charge in [-0.2, -0.15) is 0 Å². The molecule has 0 bridgehead atoms. The normalized spacial score (nSPS) is 50.4. The minimum atomic E-state index is -1.54. The zero-order chi connectivity index (χ0) is 27.3. The van der Waals surface area contributed by atoms with Crippen LogP contribution in [0.25, 0.3) is 0 Å². The van der Waals surface area contributed by atoms with Crippen molar-refractivity contribution in [2.75, 3.05) is 13.2 Å². The Kier molecular flexibility index (Phi) is 8.00. The SMILES string of the molecule is CC1(CCOC2OC(CO)C(O)C(O)C2O)CCC2C(OC(=O)CC3C(C)(C(=O)O)CCCC23C)C1O. The van der Waals surface area contributed by atoms with E-state index in [-0.39, 0.29) is 24.9 Å². The number of hydrogen-bond acceptors (Lipinski definition) is 10. The number of ether oxygens (including phenoxy) is 3.